The number of fused-ring (bicyclic) bond motifs is 1. The molecule has 9 heteroatoms. The molecule has 0 saturated heterocycles. The molecule has 0 aliphatic heterocycles. The fourth-order valence-electron chi connectivity index (χ4n) is 3.03. The molecule has 4 rings (SSSR count). The largest absolute Gasteiger partial charge is 0.416 e. The summed E-state index contributed by atoms with van der Waals surface area (Å²) < 4.78 is 40.1. The van der Waals surface area contributed by atoms with Gasteiger partial charge in [0.25, 0.3) is 5.91 Å². The first-order valence-corrected chi connectivity index (χ1v) is 8.96. The number of benzene rings is 1. The van der Waals surface area contributed by atoms with Gasteiger partial charge in [-0.2, -0.15) is 13.2 Å². The molecule has 0 atom stereocenters. The number of aromatic nitrogens is 4. The van der Waals surface area contributed by atoms with Gasteiger partial charge in [0.1, 0.15) is 11.5 Å². The summed E-state index contributed by atoms with van der Waals surface area (Å²) in [5, 5.41) is 0. The van der Waals surface area contributed by atoms with Gasteiger partial charge < -0.3 is 0 Å². The van der Waals surface area contributed by atoms with Crippen molar-refractivity contribution >= 4 is 17.4 Å². The normalized spacial score (nSPS) is 11.6. The summed E-state index contributed by atoms with van der Waals surface area (Å²) >= 11 is 0. The second kappa shape index (κ2) is 7.25. The maximum atomic E-state index is 12.9. The second-order valence-corrected chi connectivity index (χ2v) is 6.72. The molecule has 3 aromatic heterocycles. The molecule has 6 nitrogen and oxygen atoms in total. The fraction of sp³-hybridized carbons (Fsp3) is 0.143. The van der Waals surface area contributed by atoms with Gasteiger partial charge in [-0.15, -0.1) is 0 Å². The van der Waals surface area contributed by atoms with Gasteiger partial charge >= 0.3 is 6.18 Å². The average molecular weight is 411 g/mol. The number of hydrogen-bond acceptors (Lipinski definition) is 4. The first kappa shape index (κ1) is 19.6. The number of aryl methyl sites for hydroxylation is 1. The molecule has 152 valence electrons. The van der Waals surface area contributed by atoms with Crippen LogP contribution < -0.4 is 4.90 Å². The Labute approximate surface area is 169 Å². The quantitative estimate of drug-likeness (QED) is 0.502. The lowest BCUT2D eigenvalue weighted by Crippen LogP contribution is -2.28. The third-order valence-electron chi connectivity index (χ3n) is 4.64. The fourth-order valence-corrected chi connectivity index (χ4v) is 3.03. The molecule has 0 fully saturated rings. The zero-order valence-corrected chi connectivity index (χ0v) is 16.1. The van der Waals surface area contributed by atoms with Gasteiger partial charge in [0.15, 0.2) is 5.65 Å². The number of rotatable bonds is 3. The van der Waals surface area contributed by atoms with Gasteiger partial charge in [-0.3, -0.25) is 14.1 Å². The summed E-state index contributed by atoms with van der Waals surface area (Å²) in [4.78, 5) is 27.0. The number of halogens is 3. The Morgan fingerprint density at radius 3 is 2.43 bits per heavy atom. The number of nitrogens with zero attached hydrogens (tertiary/aromatic N) is 5. The summed E-state index contributed by atoms with van der Waals surface area (Å²) in [5.74, 6) is 0.109. The van der Waals surface area contributed by atoms with Gasteiger partial charge in [0.2, 0.25) is 0 Å². The van der Waals surface area contributed by atoms with Crippen molar-refractivity contribution in [1.82, 2.24) is 19.4 Å². The molecule has 0 aliphatic rings. The van der Waals surface area contributed by atoms with Crippen LogP contribution in [0.1, 0.15) is 21.7 Å². The lowest BCUT2D eigenvalue weighted by atomic mass is 10.1. The number of amides is 1. The number of alkyl halides is 3. The van der Waals surface area contributed by atoms with Gasteiger partial charge in [-0.05, 0) is 31.2 Å². The number of carbonyl (C=O) groups is 1. The van der Waals surface area contributed by atoms with E-state index in [1.54, 1.807) is 23.6 Å². The minimum absolute atomic E-state index is 0.152. The SMILES string of the molecule is Cc1cccc(N(C)C(=O)c2cn3c(-c4ccc(C(F)(F)F)cc4)cnc3cn2)n1. The molecule has 0 spiro atoms. The lowest BCUT2D eigenvalue weighted by molar-refractivity contribution is -0.137. The van der Waals surface area contributed by atoms with Crippen LogP contribution >= 0.6 is 0 Å². The van der Waals surface area contributed by atoms with E-state index in [0.29, 0.717) is 22.7 Å². The monoisotopic (exact) mass is 411 g/mol. The molecular formula is C21H16F3N5O. The van der Waals surface area contributed by atoms with E-state index >= 15 is 0 Å². The van der Waals surface area contributed by atoms with Gasteiger partial charge in [-0.1, -0.05) is 18.2 Å². The van der Waals surface area contributed by atoms with E-state index in [9.17, 15) is 18.0 Å². The van der Waals surface area contributed by atoms with Gasteiger partial charge in [-0.25, -0.2) is 15.0 Å². The van der Waals surface area contributed by atoms with E-state index in [1.807, 2.05) is 13.0 Å². The highest BCUT2D eigenvalue weighted by atomic mass is 19.4. The van der Waals surface area contributed by atoms with Crippen LogP contribution in [0.25, 0.3) is 16.9 Å². The third-order valence-corrected chi connectivity index (χ3v) is 4.64. The van der Waals surface area contributed by atoms with Crippen LogP contribution in [0.3, 0.4) is 0 Å². The predicted molar refractivity (Wildman–Crippen MR) is 105 cm³/mol. The molecule has 0 N–H and O–H groups in total. The Balaban J connectivity index is 1.70. The van der Waals surface area contributed by atoms with Crippen molar-refractivity contribution in [3.8, 4) is 11.3 Å². The van der Waals surface area contributed by atoms with Crippen molar-refractivity contribution < 1.29 is 18.0 Å². The first-order chi connectivity index (χ1) is 14.2. The summed E-state index contributed by atoms with van der Waals surface area (Å²) in [5.41, 5.74) is 1.75. The van der Waals surface area contributed by atoms with Crippen LogP contribution in [-0.2, 0) is 6.18 Å². The van der Waals surface area contributed by atoms with Crippen LogP contribution in [0.5, 0.6) is 0 Å². The van der Waals surface area contributed by atoms with Gasteiger partial charge in [0.05, 0.1) is 23.7 Å². The maximum Gasteiger partial charge on any atom is 0.416 e. The number of pyridine rings is 1. The molecule has 1 amide bonds. The minimum Gasteiger partial charge on any atom is -0.296 e. The first-order valence-electron chi connectivity index (χ1n) is 8.96. The highest BCUT2D eigenvalue weighted by molar-refractivity contribution is 6.03. The Kier molecular flexibility index (Phi) is 4.73. The van der Waals surface area contributed by atoms with Crippen molar-refractivity contribution in [2.75, 3.05) is 11.9 Å². The standard InChI is InChI=1S/C21H16F3N5O/c1-13-4-3-5-18(27-13)28(2)20(30)16-12-29-17(10-26-19(29)11-25-16)14-6-8-15(9-7-14)21(22,23)24/h3-12H,1-2H3. The summed E-state index contributed by atoms with van der Waals surface area (Å²) in [6.07, 6.45) is 0.0813. The molecule has 0 radical (unpaired) electrons. The van der Waals surface area contributed by atoms with Crippen molar-refractivity contribution in [3.05, 3.63) is 78.0 Å². The van der Waals surface area contributed by atoms with Crippen LogP contribution in [-0.4, -0.2) is 32.3 Å². The lowest BCUT2D eigenvalue weighted by Gasteiger charge is -2.16. The average Bonchev–Trinajstić information content (AvgIpc) is 3.15. The third kappa shape index (κ3) is 3.61. The van der Waals surface area contributed by atoms with E-state index in [4.69, 9.17) is 0 Å². The van der Waals surface area contributed by atoms with E-state index in [0.717, 1.165) is 17.8 Å². The smallest absolute Gasteiger partial charge is 0.296 e. The Bertz CT molecular complexity index is 1230. The highest BCUT2D eigenvalue weighted by Crippen LogP contribution is 2.31. The molecule has 4 aromatic rings. The molecule has 1 aromatic carbocycles. The molecule has 3 heterocycles. The Morgan fingerprint density at radius 1 is 1.03 bits per heavy atom. The summed E-state index contributed by atoms with van der Waals surface area (Å²) in [6.45, 7) is 1.83. The van der Waals surface area contributed by atoms with E-state index < -0.39 is 11.7 Å². The van der Waals surface area contributed by atoms with Crippen molar-refractivity contribution in [3.63, 3.8) is 0 Å². The number of anilines is 1. The van der Waals surface area contributed by atoms with E-state index in [2.05, 4.69) is 15.0 Å². The summed E-state index contributed by atoms with van der Waals surface area (Å²) in [7, 11) is 1.60. The van der Waals surface area contributed by atoms with Crippen LogP contribution in [0.4, 0.5) is 19.0 Å². The summed E-state index contributed by atoms with van der Waals surface area (Å²) in [6, 6.07) is 10.1. The highest BCUT2D eigenvalue weighted by Gasteiger charge is 2.30. The number of hydrogen-bond donors (Lipinski definition) is 0. The molecular weight excluding hydrogens is 395 g/mol. The maximum absolute atomic E-state index is 12.9. The number of imidazole rings is 1. The van der Waals surface area contributed by atoms with Crippen molar-refractivity contribution in [2.45, 2.75) is 13.1 Å². The minimum atomic E-state index is -4.41. The van der Waals surface area contributed by atoms with Crippen LogP contribution in [0, 0.1) is 6.92 Å². The molecule has 30 heavy (non-hydrogen) atoms. The van der Waals surface area contributed by atoms with Crippen molar-refractivity contribution in [1.29, 1.82) is 0 Å². The molecule has 0 unspecified atom stereocenters. The predicted octanol–water partition coefficient (Wildman–Crippen LogP) is 4.40. The molecule has 0 saturated carbocycles. The van der Waals surface area contributed by atoms with E-state index in [1.165, 1.54) is 35.6 Å². The van der Waals surface area contributed by atoms with Gasteiger partial charge in [0, 0.05) is 24.5 Å². The molecule has 0 aliphatic carbocycles. The Morgan fingerprint density at radius 2 is 1.77 bits per heavy atom. The van der Waals surface area contributed by atoms with Crippen molar-refractivity contribution in [2.24, 2.45) is 0 Å². The van der Waals surface area contributed by atoms with Crippen LogP contribution in [0.15, 0.2) is 61.1 Å². The topological polar surface area (TPSA) is 63.4 Å². The Hall–Kier alpha value is -3.75. The number of carbonyl (C=O) groups excluding carboxylic acids is 1. The zero-order chi connectivity index (χ0) is 21.5. The van der Waals surface area contributed by atoms with Crippen LogP contribution in [0.2, 0.25) is 0 Å². The van der Waals surface area contributed by atoms with E-state index in [-0.39, 0.29) is 11.6 Å². The second-order valence-electron chi connectivity index (χ2n) is 6.72. The molecule has 0 bridgehead atoms. The zero-order valence-electron chi connectivity index (χ0n) is 16.1.